The van der Waals surface area contributed by atoms with Crippen LogP contribution in [0.5, 0.6) is 0 Å². The molecule has 2 rings (SSSR count). The number of aryl methyl sites for hydroxylation is 1. The average molecular weight is 325 g/mol. The highest BCUT2D eigenvalue weighted by molar-refractivity contribution is 6.04. The van der Waals surface area contributed by atoms with E-state index in [2.05, 4.69) is 22.9 Å². The highest BCUT2D eigenvalue weighted by Crippen LogP contribution is 2.16. The molecule has 0 saturated carbocycles. The van der Waals surface area contributed by atoms with E-state index in [0.29, 0.717) is 16.9 Å². The first kappa shape index (κ1) is 17.5. The molecule has 0 fully saturated rings. The molecule has 24 heavy (non-hydrogen) atoms. The zero-order valence-corrected chi connectivity index (χ0v) is 14.2. The third kappa shape index (κ3) is 5.12. The molecule has 2 aromatic rings. The van der Waals surface area contributed by atoms with Crippen LogP contribution in [-0.4, -0.2) is 18.0 Å². The maximum atomic E-state index is 12.3. The molecule has 3 amide bonds. The number of hydrogen-bond acceptors (Lipinski definition) is 2. The summed E-state index contributed by atoms with van der Waals surface area (Å²) in [6, 6.07) is 14.3. The zero-order valence-electron chi connectivity index (χ0n) is 14.2. The smallest absolute Gasteiger partial charge is 0.319 e. The lowest BCUT2D eigenvalue weighted by Crippen LogP contribution is -2.34. The van der Waals surface area contributed by atoms with Crippen LogP contribution in [0.4, 0.5) is 16.2 Å². The Morgan fingerprint density at radius 3 is 2.17 bits per heavy atom. The van der Waals surface area contributed by atoms with Gasteiger partial charge in [0.1, 0.15) is 0 Å². The van der Waals surface area contributed by atoms with Crippen LogP contribution in [0.25, 0.3) is 0 Å². The first-order chi connectivity index (χ1) is 11.5. The van der Waals surface area contributed by atoms with Crippen molar-refractivity contribution >= 4 is 23.3 Å². The molecular weight excluding hydrogens is 302 g/mol. The van der Waals surface area contributed by atoms with Crippen molar-refractivity contribution in [2.45, 2.75) is 33.2 Å². The number of carbonyl (C=O) groups is 2. The molecule has 3 N–H and O–H groups in total. The van der Waals surface area contributed by atoms with E-state index in [4.69, 9.17) is 0 Å². The monoisotopic (exact) mass is 325 g/mol. The van der Waals surface area contributed by atoms with Gasteiger partial charge in [-0.15, -0.1) is 0 Å². The second-order valence-electron chi connectivity index (χ2n) is 5.84. The Balaban J connectivity index is 2.02. The number of rotatable bonds is 5. The molecule has 0 aliphatic rings. The summed E-state index contributed by atoms with van der Waals surface area (Å²) in [6.07, 6.45) is 0.939. The first-order valence-electron chi connectivity index (χ1n) is 8.06. The predicted molar refractivity (Wildman–Crippen MR) is 97.5 cm³/mol. The number of anilines is 2. The summed E-state index contributed by atoms with van der Waals surface area (Å²) in [5.74, 6) is -0.179. The van der Waals surface area contributed by atoms with Crippen molar-refractivity contribution in [3.63, 3.8) is 0 Å². The largest absolute Gasteiger partial charge is 0.336 e. The Hall–Kier alpha value is -2.82. The van der Waals surface area contributed by atoms with E-state index in [1.807, 2.05) is 38.1 Å². The lowest BCUT2D eigenvalue weighted by Gasteiger charge is -2.11. The number of hydrogen-bond donors (Lipinski definition) is 3. The lowest BCUT2D eigenvalue weighted by molar-refractivity contribution is 0.102. The third-order valence-electron chi connectivity index (χ3n) is 3.42. The normalized spacial score (nSPS) is 10.3. The van der Waals surface area contributed by atoms with Crippen molar-refractivity contribution < 1.29 is 9.59 Å². The van der Waals surface area contributed by atoms with Crippen LogP contribution >= 0.6 is 0 Å². The van der Waals surface area contributed by atoms with E-state index < -0.39 is 0 Å². The maximum absolute atomic E-state index is 12.3. The number of amides is 3. The van der Waals surface area contributed by atoms with Crippen LogP contribution in [0, 0.1) is 0 Å². The number of carbonyl (C=O) groups excluding carboxylic acids is 2. The molecule has 0 spiro atoms. The van der Waals surface area contributed by atoms with E-state index in [9.17, 15) is 9.59 Å². The molecule has 0 bridgehead atoms. The maximum Gasteiger partial charge on any atom is 0.319 e. The zero-order chi connectivity index (χ0) is 17.5. The standard InChI is InChI=1S/C19H23N3O2/c1-4-14-8-10-15(11-9-14)18(23)21-16-6-5-7-17(12-16)22-19(24)20-13(2)3/h5-13H,4H2,1-3H3,(H,21,23)(H2,20,22,24). The molecule has 0 saturated heterocycles. The Morgan fingerprint density at radius 1 is 0.958 bits per heavy atom. The van der Waals surface area contributed by atoms with Gasteiger partial charge in [-0.2, -0.15) is 0 Å². The summed E-state index contributed by atoms with van der Waals surface area (Å²) in [4.78, 5) is 24.0. The fourth-order valence-corrected chi connectivity index (χ4v) is 2.20. The minimum atomic E-state index is -0.274. The highest BCUT2D eigenvalue weighted by atomic mass is 16.2. The Morgan fingerprint density at radius 2 is 1.58 bits per heavy atom. The van der Waals surface area contributed by atoms with Gasteiger partial charge in [-0.1, -0.05) is 25.1 Å². The summed E-state index contributed by atoms with van der Waals surface area (Å²) in [7, 11) is 0. The second-order valence-corrected chi connectivity index (χ2v) is 5.84. The Kier molecular flexibility index (Phi) is 5.95. The van der Waals surface area contributed by atoms with Gasteiger partial charge in [-0.3, -0.25) is 4.79 Å². The van der Waals surface area contributed by atoms with Gasteiger partial charge < -0.3 is 16.0 Å². The van der Waals surface area contributed by atoms with Crippen molar-refractivity contribution in [2.24, 2.45) is 0 Å². The van der Waals surface area contributed by atoms with Gasteiger partial charge in [0.15, 0.2) is 0 Å². The average Bonchev–Trinajstić information content (AvgIpc) is 2.54. The Bertz CT molecular complexity index is 709. The number of urea groups is 1. The molecule has 0 aromatic heterocycles. The molecule has 5 heteroatoms. The molecule has 0 aliphatic carbocycles. The van der Waals surface area contributed by atoms with Crippen LogP contribution in [-0.2, 0) is 6.42 Å². The lowest BCUT2D eigenvalue weighted by atomic mass is 10.1. The SMILES string of the molecule is CCc1ccc(C(=O)Nc2cccc(NC(=O)NC(C)C)c2)cc1. The molecule has 2 aromatic carbocycles. The minimum Gasteiger partial charge on any atom is -0.336 e. The minimum absolute atomic E-state index is 0.0546. The van der Waals surface area contributed by atoms with Crippen molar-refractivity contribution in [1.82, 2.24) is 5.32 Å². The summed E-state index contributed by atoms with van der Waals surface area (Å²) in [5, 5.41) is 8.33. The molecule has 5 nitrogen and oxygen atoms in total. The fraction of sp³-hybridized carbons (Fsp3) is 0.263. The predicted octanol–water partition coefficient (Wildman–Crippen LogP) is 4.03. The summed E-state index contributed by atoms with van der Waals surface area (Å²) in [5.41, 5.74) is 3.03. The van der Waals surface area contributed by atoms with Gasteiger partial charge >= 0.3 is 6.03 Å². The van der Waals surface area contributed by atoms with Gasteiger partial charge in [0, 0.05) is 23.0 Å². The van der Waals surface area contributed by atoms with Crippen molar-refractivity contribution in [3.8, 4) is 0 Å². The summed E-state index contributed by atoms with van der Waals surface area (Å²) in [6.45, 7) is 5.85. The molecule has 0 radical (unpaired) electrons. The molecular formula is C19H23N3O2. The van der Waals surface area contributed by atoms with Crippen molar-refractivity contribution in [3.05, 3.63) is 59.7 Å². The second kappa shape index (κ2) is 8.15. The van der Waals surface area contributed by atoms with Crippen LogP contribution in [0.15, 0.2) is 48.5 Å². The van der Waals surface area contributed by atoms with E-state index in [0.717, 1.165) is 6.42 Å². The number of benzene rings is 2. The topological polar surface area (TPSA) is 70.2 Å². The van der Waals surface area contributed by atoms with E-state index in [1.165, 1.54) is 5.56 Å². The van der Waals surface area contributed by atoms with E-state index in [1.54, 1.807) is 24.3 Å². The Labute approximate surface area is 142 Å². The fourth-order valence-electron chi connectivity index (χ4n) is 2.20. The quantitative estimate of drug-likeness (QED) is 0.776. The number of nitrogens with one attached hydrogen (secondary N) is 3. The molecule has 126 valence electrons. The van der Waals surface area contributed by atoms with Crippen LogP contribution < -0.4 is 16.0 Å². The van der Waals surface area contributed by atoms with Gasteiger partial charge in [0.05, 0.1) is 0 Å². The molecule has 0 aliphatic heterocycles. The summed E-state index contributed by atoms with van der Waals surface area (Å²) >= 11 is 0. The molecule has 0 atom stereocenters. The first-order valence-corrected chi connectivity index (χ1v) is 8.06. The van der Waals surface area contributed by atoms with Gasteiger partial charge in [0.2, 0.25) is 0 Å². The third-order valence-corrected chi connectivity index (χ3v) is 3.42. The van der Waals surface area contributed by atoms with Gasteiger partial charge in [-0.25, -0.2) is 4.79 Å². The van der Waals surface area contributed by atoms with Crippen LogP contribution in [0.3, 0.4) is 0 Å². The van der Waals surface area contributed by atoms with Crippen LogP contribution in [0.1, 0.15) is 36.7 Å². The van der Waals surface area contributed by atoms with E-state index >= 15 is 0 Å². The van der Waals surface area contributed by atoms with Gasteiger partial charge in [-0.05, 0) is 56.2 Å². The highest BCUT2D eigenvalue weighted by Gasteiger charge is 2.08. The van der Waals surface area contributed by atoms with Crippen molar-refractivity contribution in [2.75, 3.05) is 10.6 Å². The van der Waals surface area contributed by atoms with Gasteiger partial charge in [0.25, 0.3) is 5.91 Å². The summed E-state index contributed by atoms with van der Waals surface area (Å²) < 4.78 is 0. The molecule has 0 unspecified atom stereocenters. The van der Waals surface area contributed by atoms with E-state index in [-0.39, 0.29) is 18.0 Å². The molecule has 0 heterocycles. The van der Waals surface area contributed by atoms with Crippen molar-refractivity contribution in [1.29, 1.82) is 0 Å². The van der Waals surface area contributed by atoms with Crippen LogP contribution in [0.2, 0.25) is 0 Å².